The van der Waals surface area contributed by atoms with E-state index in [9.17, 15) is 0 Å². The topological polar surface area (TPSA) is 45.1 Å². The summed E-state index contributed by atoms with van der Waals surface area (Å²) in [6, 6.07) is 4.05. The van der Waals surface area contributed by atoms with Crippen molar-refractivity contribution in [3.63, 3.8) is 0 Å². The maximum Gasteiger partial charge on any atom is 0.144 e. The highest BCUT2D eigenvalue weighted by atomic mass is 32.1. The summed E-state index contributed by atoms with van der Waals surface area (Å²) in [5.41, 5.74) is 0. The van der Waals surface area contributed by atoms with Gasteiger partial charge in [-0.3, -0.25) is 0 Å². The van der Waals surface area contributed by atoms with E-state index >= 15 is 0 Å². The van der Waals surface area contributed by atoms with E-state index in [1.807, 2.05) is 11.4 Å². The smallest absolute Gasteiger partial charge is 0.144 e. The number of anilines is 1. The fourth-order valence-corrected chi connectivity index (χ4v) is 2.12. The highest BCUT2D eigenvalue weighted by molar-refractivity contribution is 7.17. The fraction of sp³-hybridized carbons (Fsp3) is 0.300. The lowest BCUT2D eigenvalue weighted by atomic mass is 10.3. The molecule has 0 bridgehead atoms. The third kappa shape index (κ3) is 1.86. The second-order valence-corrected chi connectivity index (χ2v) is 4.14. The summed E-state index contributed by atoms with van der Waals surface area (Å²) in [6.45, 7) is 2.28. The minimum absolute atomic E-state index is 0.355. The van der Waals surface area contributed by atoms with Crippen LogP contribution < -0.4 is 5.32 Å². The Morgan fingerprint density at radius 1 is 1.57 bits per heavy atom. The van der Waals surface area contributed by atoms with Gasteiger partial charge in [-0.1, -0.05) is 0 Å². The molecule has 0 aliphatic heterocycles. The molecule has 14 heavy (non-hydrogen) atoms. The predicted molar refractivity (Wildman–Crippen MR) is 59.8 cm³/mol. The van der Waals surface area contributed by atoms with Crippen LogP contribution in [0.5, 0.6) is 0 Å². The number of nitrogens with zero attached hydrogens (tertiary/aromatic N) is 1. The second kappa shape index (κ2) is 3.94. The SMILES string of the molecule is C[C@@H](O)CNc1nccc2ccsc12. The minimum atomic E-state index is -0.355. The molecule has 0 radical (unpaired) electrons. The molecule has 0 amide bonds. The van der Waals surface area contributed by atoms with E-state index in [0.29, 0.717) is 6.54 Å². The molecule has 3 nitrogen and oxygen atoms in total. The van der Waals surface area contributed by atoms with Gasteiger partial charge in [0.2, 0.25) is 0 Å². The van der Waals surface area contributed by atoms with E-state index in [1.165, 1.54) is 5.39 Å². The van der Waals surface area contributed by atoms with Crippen LogP contribution >= 0.6 is 11.3 Å². The zero-order valence-electron chi connectivity index (χ0n) is 7.90. The number of hydrogen-bond acceptors (Lipinski definition) is 4. The molecule has 2 rings (SSSR count). The molecule has 0 unspecified atom stereocenters. The zero-order valence-corrected chi connectivity index (χ0v) is 8.71. The Labute approximate surface area is 86.4 Å². The number of rotatable bonds is 3. The second-order valence-electron chi connectivity index (χ2n) is 3.23. The molecule has 2 aromatic rings. The predicted octanol–water partition coefficient (Wildman–Crippen LogP) is 2.09. The van der Waals surface area contributed by atoms with Crippen LogP contribution in [0.2, 0.25) is 0 Å². The first-order chi connectivity index (χ1) is 6.77. The van der Waals surface area contributed by atoms with Crippen molar-refractivity contribution in [1.29, 1.82) is 0 Å². The number of fused-ring (bicyclic) bond motifs is 1. The molecule has 0 aliphatic rings. The Bertz CT molecular complexity index is 425. The number of nitrogens with one attached hydrogen (secondary N) is 1. The number of aliphatic hydroxyl groups is 1. The summed E-state index contributed by atoms with van der Waals surface area (Å²) in [6.07, 6.45) is 1.42. The molecule has 0 spiro atoms. The van der Waals surface area contributed by atoms with Gasteiger partial charge in [0.25, 0.3) is 0 Å². The highest BCUT2D eigenvalue weighted by Crippen LogP contribution is 2.26. The van der Waals surface area contributed by atoms with Crippen LogP contribution in [0, 0.1) is 0 Å². The maximum atomic E-state index is 9.15. The molecule has 2 aromatic heterocycles. The first kappa shape index (κ1) is 9.43. The molecule has 0 aromatic carbocycles. The summed E-state index contributed by atoms with van der Waals surface area (Å²) in [5, 5.41) is 15.5. The molecule has 0 saturated carbocycles. The van der Waals surface area contributed by atoms with Gasteiger partial charge in [-0.25, -0.2) is 4.98 Å². The van der Waals surface area contributed by atoms with Gasteiger partial charge >= 0.3 is 0 Å². The number of hydrogen-bond donors (Lipinski definition) is 2. The summed E-state index contributed by atoms with van der Waals surface area (Å²) in [4.78, 5) is 4.24. The van der Waals surface area contributed by atoms with Crippen LogP contribution in [0.4, 0.5) is 5.82 Å². The van der Waals surface area contributed by atoms with Crippen molar-refractivity contribution in [2.45, 2.75) is 13.0 Å². The van der Waals surface area contributed by atoms with E-state index in [4.69, 9.17) is 5.11 Å². The van der Waals surface area contributed by atoms with Crippen molar-refractivity contribution in [2.75, 3.05) is 11.9 Å². The Balaban J connectivity index is 2.27. The normalized spacial score (nSPS) is 13.0. The lowest BCUT2D eigenvalue weighted by molar-refractivity contribution is 0.208. The summed E-state index contributed by atoms with van der Waals surface area (Å²) >= 11 is 1.66. The molecular formula is C10H12N2OS. The third-order valence-electron chi connectivity index (χ3n) is 1.93. The average Bonchev–Trinajstić information content (AvgIpc) is 2.62. The lowest BCUT2D eigenvalue weighted by Crippen LogP contribution is -2.15. The van der Waals surface area contributed by atoms with Gasteiger partial charge in [0.15, 0.2) is 0 Å². The Morgan fingerprint density at radius 2 is 2.43 bits per heavy atom. The molecule has 0 aliphatic carbocycles. The van der Waals surface area contributed by atoms with E-state index in [2.05, 4.69) is 16.4 Å². The maximum absolute atomic E-state index is 9.15. The minimum Gasteiger partial charge on any atom is -0.392 e. The van der Waals surface area contributed by atoms with Gasteiger partial charge in [-0.05, 0) is 29.8 Å². The summed E-state index contributed by atoms with van der Waals surface area (Å²) < 4.78 is 1.15. The quantitative estimate of drug-likeness (QED) is 0.811. The molecule has 74 valence electrons. The lowest BCUT2D eigenvalue weighted by Gasteiger charge is -2.07. The van der Waals surface area contributed by atoms with Gasteiger partial charge < -0.3 is 10.4 Å². The van der Waals surface area contributed by atoms with Crippen LogP contribution in [0.25, 0.3) is 10.1 Å². The standard InChI is InChI=1S/C10H12N2OS/c1-7(13)6-12-10-9-8(2-4-11-10)3-5-14-9/h2-5,7,13H,6H2,1H3,(H,11,12)/t7-/m1/s1. The van der Waals surface area contributed by atoms with Gasteiger partial charge in [0.1, 0.15) is 5.82 Å². The van der Waals surface area contributed by atoms with Crippen molar-refractivity contribution < 1.29 is 5.11 Å². The number of aromatic nitrogens is 1. The third-order valence-corrected chi connectivity index (χ3v) is 2.87. The molecule has 1 atom stereocenters. The number of thiophene rings is 1. The van der Waals surface area contributed by atoms with Crippen LogP contribution in [-0.2, 0) is 0 Å². The Kier molecular flexibility index (Phi) is 2.65. The summed E-state index contributed by atoms with van der Waals surface area (Å²) in [5.74, 6) is 0.860. The van der Waals surface area contributed by atoms with E-state index < -0.39 is 0 Å². The molecule has 2 heterocycles. The van der Waals surface area contributed by atoms with Crippen molar-refractivity contribution in [3.05, 3.63) is 23.7 Å². The van der Waals surface area contributed by atoms with Crippen LogP contribution in [0.15, 0.2) is 23.7 Å². The first-order valence-electron chi connectivity index (χ1n) is 4.51. The molecular weight excluding hydrogens is 196 g/mol. The van der Waals surface area contributed by atoms with Crippen molar-refractivity contribution in [2.24, 2.45) is 0 Å². The van der Waals surface area contributed by atoms with E-state index in [-0.39, 0.29) is 6.10 Å². The van der Waals surface area contributed by atoms with Gasteiger partial charge in [0, 0.05) is 12.7 Å². The van der Waals surface area contributed by atoms with Crippen molar-refractivity contribution >= 4 is 27.2 Å². The van der Waals surface area contributed by atoms with E-state index in [1.54, 1.807) is 24.5 Å². The highest BCUT2D eigenvalue weighted by Gasteiger charge is 2.03. The van der Waals surface area contributed by atoms with Crippen molar-refractivity contribution in [1.82, 2.24) is 4.98 Å². The van der Waals surface area contributed by atoms with Gasteiger partial charge in [-0.15, -0.1) is 11.3 Å². The van der Waals surface area contributed by atoms with Crippen LogP contribution in [-0.4, -0.2) is 22.7 Å². The first-order valence-corrected chi connectivity index (χ1v) is 5.39. The molecule has 2 N–H and O–H groups in total. The number of pyridine rings is 1. The van der Waals surface area contributed by atoms with Gasteiger partial charge in [-0.2, -0.15) is 0 Å². The average molecular weight is 208 g/mol. The van der Waals surface area contributed by atoms with Crippen LogP contribution in [0.3, 0.4) is 0 Å². The Morgan fingerprint density at radius 3 is 3.21 bits per heavy atom. The fourth-order valence-electron chi connectivity index (χ4n) is 1.26. The largest absolute Gasteiger partial charge is 0.392 e. The van der Waals surface area contributed by atoms with Crippen LogP contribution in [0.1, 0.15) is 6.92 Å². The van der Waals surface area contributed by atoms with E-state index in [0.717, 1.165) is 10.5 Å². The van der Waals surface area contributed by atoms with Gasteiger partial charge in [0.05, 0.1) is 10.8 Å². The molecule has 0 fully saturated rings. The molecule has 0 saturated heterocycles. The monoisotopic (exact) mass is 208 g/mol. The number of aliphatic hydroxyl groups excluding tert-OH is 1. The molecule has 4 heteroatoms. The van der Waals surface area contributed by atoms with Crippen molar-refractivity contribution in [3.8, 4) is 0 Å². The Hall–Kier alpha value is -1.13. The summed E-state index contributed by atoms with van der Waals surface area (Å²) in [7, 11) is 0. The zero-order chi connectivity index (χ0) is 9.97.